The van der Waals surface area contributed by atoms with Gasteiger partial charge in [-0.1, -0.05) is 24.3 Å². The average molecular weight is 471 g/mol. The fraction of sp³-hybridized carbons (Fsp3) is 0.250. The molecule has 0 bridgehead atoms. The van der Waals surface area contributed by atoms with Crippen LogP contribution in [-0.4, -0.2) is 53.0 Å². The lowest BCUT2D eigenvalue weighted by Crippen LogP contribution is -2.33. The number of hydrogen-bond donors (Lipinski definition) is 3. The largest absolute Gasteiger partial charge is 0.493 e. The number of fused-ring (bicyclic) bond motifs is 2. The SMILES string of the molecule is COc1ccccc1OCCNCC(O)COc1ccc2c(c1)Nc1ccccc1S2(=O)=O. The Morgan fingerprint density at radius 1 is 0.939 bits per heavy atom. The number of aliphatic hydroxyl groups is 1. The van der Waals surface area contributed by atoms with Gasteiger partial charge in [0.15, 0.2) is 11.5 Å². The molecular formula is C24H26N2O6S. The second-order valence-corrected chi connectivity index (χ2v) is 9.34. The van der Waals surface area contributed by atoms with Crippen LogP contribution in [0, 0.1) is 0 Å². The van der Waals surface area contributed by atoms with Gasteiger partial charge in [-0.15, -0.1) is 0 Å². The van der Waals surface area contributed by atoms with E-state index in [4.69, 9.17) is 14.2 Å². The zero-order valence-corrected chi connectivity index (χ0v) is 19.0. The zero-order chi connectivity index (χ0) is 23.3. The van der Waals surface area contributed by atoms with Crippen molar-refractivity contribution in [1.82, 2.24) is 5.32 Å². The lowest BCUT2D eigenvalue weighted by molar-refractivity contribution is 0.105. The standard InChI is InChI=1S/C24H26N2O6S/c1-30-21-7-3-4-8-22(21)31-13-12-25-15-17(27)16-32-18-10-11-24-20(14-18)26-19-6-2-5-9-23(19)33(24,28)29/h2-11,14,17,25-27H,12-13,15-16H2,1H3. The van der Waals surface area contributed by atoms with Gasteiger partial charge in [0.1, 0.15) is 25.1 Å². The first-order chi connectivity index (χ1) is 16.0. The number of hydrogen-bond acceptors (Lipinski definition) is 8. The van der Waals surface area contributed by atoms with Crippen molar-refractivity contribution in [3.63, 3.8) is 0 Å². The summed E-state index contributed by atoms with van der Waals surface area (Å²) >= 11 is 0. The molecular weight excluding hydrogens is 444 g/mol. The minimum absolute atomic E-state index is 0.0580. The van der Waals surface area contributed by atoms with Crippen molar-refractivity contribution < 1.29 is 27.7 Å². The monoisotopic (exact) mass is 470 g/mol. The fourth-order valence-corrected chi connectivity index (χ4v) is 5.04. The molecule has 1 heterocycles. The second-order valence-electron chi connectivity index (χ2n) is 7.45. The Morgan fingerprint density at radius 2 is 1.67 bits per heavy atom. The molecule has 0 aromatic heterocycles. The number of ether oxygens (including phenoxy) is 3. The summed E-state index contributed by atoms with van der Waals surface area (Å²) in [6.07, 6.45) is -0.746. The van der Waals surface area contributed by atoms with Gasteiger partial charge in [0, 0.05) is 19.2 Å². The maximum atomic E-state index is 12.8. The molecule has 1 unspecified atom stereocenters. The maximum absolute atomic E-state index is 12.8. The molecule has 3 aromatic carbocycles. The molecule has 0 fully saturated rings. The van der Waals surface area contributed by atoms with E-state index in [0.717, 1.165) is 0 Å². The number of rotatable bonds is 10. The Morgan fingerprint density at radius 3 is 2.48 bits per heavy atom. The lowest BCUT2D eigenvalue weighted by Gasteiger charge is -2.22. The van der Waals surface area contributed by atoms with E-state index in [-0.39, 0.29) is 16.4 Å². The van der Waals surface area contributed by atoms with E-state index in [9.17, 15) is 13.5 Å². The number of benzene rings is 3. The number of sulfone groups is 1. The Labute approximate surface area is 193 Å². The molecule has 1 aliphatic heterocycles. The molecule has 0 spiro atoms. The molecule has 0 amide bonds. The molecule has 0 radical (unpaired) electrons. The van der Waals surface area contributed by atoms with Crippen LogP contribution < -0.4 is 24.8 Å². The van der Waals surface area contributed by atoms with Gasteiger partial charge in [-0.2, -0.15) is 0 Å². The highest BCUT2D eigenvalue weighted by Gasteiger charge is 2.29. The third kappa shape index (κ3) is 5.22. The first-order valence-corrected chi connectivity index (χ1v) is 12.0. The van der Waals surface area contributed by atoms with Crippen LogP contribution in [0.15, 0.2) is 76.5 Å². The Kier molecular flexibility index (Phi) is 7.02. The lowest BCUT2D eigenvalue weighted by atomic mass is 10.2. The highest BCUT2D eigenvalue weighted by molar-refractivity contribution is 7.92. The molecule has 3 aromatic rings. The Balaban J connectivity index is 1.25. The summed E-state index contributed by atoms with van der Waals surface area (Å²) in [6.45, 7) is 1.33. The fourth-order valence-electron chi connectivity index (χ4n) is 3.49. The van der Waals surface area contributed by atoms with Gasteiger partial charge < -0.3 is 30.0 Å². The first kappa shape index (κ1) is 22.9. The predicted molar refractivity (Wildman–Crippen MR) is 124 cm³/mol. The van der Waals surface area contributed by atoms with Gasteiger partial charge in [-0.25, -0.2) is 8.42 Å². The minimum Gasteiger partial charge on any atom is -0.493 e. The van der Waals surface area contributed by atoms with E-state index >= 15 is 0 Å². The van der Waals surface area contributed by atoms with Crippen molar-refractivity contribution in [1.29, 1.82) is 0 Å². The van der Waals surface area contributed by atoms with Crippen LogP contribution in [-0.2, 0) is 9.84 Å². The topological polar surface area (TPSA) is 106 Å². The summed E-state index contributed by atoms with van der Waals surface area (Å²) in [6, 6.07) is 18.9. The minimum atomic E-state index is -3.59. The molecule has 174 valence electrons. The highest BCUT2D eigenvalue weighted by Crippen LogP contribution is 2.40. The zero-order valence-electron chi connectivity index (χ0n) is 18.2. The number of methoxy groups -OCH3 is 1. The number of para-hydroxylation sites is 3. The van der Waals surface area contributed by atoms with E-state index in [2.05, 4.69) is 10.6 Å². The molecule has 3 N–H and O–H groups in total. The van der Waals surface area contributed by atoms with Gasteiger partial charge in [0.2, 0.25) is 9.84 Å². The van der Waals surface area contributed by atoms with Gasteiger partial charge >= 0.3 is 0 Å². The first-order valence-electron chi connectivity index (χ1n) is 10.5. The molecule has 0 aliphatic carbocycles. The van der Waals surface area contributed by atoms with Crippen LogP contribution >= 0.6 is 0 Å². The molecule has 1 atom stereocenters. The number of anilines is 2. The highest BCUT2D eigenvalue weighted by atomic mass is 32.2. The van der Waals surface area contributed by atoms with Crippen LogP contribution in [0.25, 0.3) is 0 Å². The summed E-state index contributed by atoms with van der Waals surface area (Å²) in [4.78, 5) is 0.452. The predicted octanol–water partition coefficient (Wildman–Crippen LogP) is 2.99. The van der Waals surface area contributed by atoms with Crippen molar-refractivity contribution in [2.75, 3.05) is 38.7 Å². The summed E-state index contributed by atoms with van der Waals surface area (Å²) in [5, 5.41) is 16.5. The van der Waals surface area contributed by atoms with Gasteiger partial charge in [0.05, 0.1) is 28.3 Å². The van der Waals surface area contributed by atoms with Gasteiger partial charge in [-0.3, -0.25) is 0 Å². The van der Waals surface area contributed by atoms with E-state index in [1.54, 1.807) is 43.5 Å². The van der Waals surface area contributed by atoms with Crippen LogP contribution in [0.3, 0.4) is 0 Å². The quantitative estimate of drug-likeness (QED) is 0.304. The van der Waals surface area contributed by atoms with Crippen LogP contribution in [0.2, 0.25) is 0 Å². The molecule has 4 rings (SSSR count). The third-order valence-corrected chi connectivity index (χ3v) is 6.98. The van der Waals surface area contributed by atoms with Gasteiger partial charge in [-0.05, 0) is 36.4 Å². The maximum Gasteiger partial charge on any atom is 0.210 e. The van der Waals surface area contributed by atoms with Crippen molar-refractivity contribution in [3.8, 4) is 17.2 Å². The third-order valence-electron chi connectivity index (χ3n) is 5.11. The van der Waals surface area contributed by atoms with Crippen LogP contribution in [0.1, 0.15) is 0 Å². The van der Waals surface area contributed by atoms with Crippen molar-refractivity contribution in [2.24, 2.45) is 0 Å². The summed E-state index contributed by atoms with van der Waals surface area (Å²) in [7, 11) is -2.00. The summed E-state index contributed by atoms with van der Waals surface area (Å²) in [5.74, 6) is 1.80. The second kappa shape index (κ2) is 10.1. The van der Waals surface area contributed by atoms with Crippen LogP contribution in [0.4, 0.5) is 11.4 Å². The van der Waals surface area contributed by atoms with E-state index in [1.807, 2.05) is 24.3 Å². The van der Waals surface area contributed by atoms with E-state index < -0.39 is 15.9 Å². The van der Waals surface area contributed by atoms with Crippen LogP contribution in [0.5, 0.6) is 17.2 Å². The summed E-state index contributed by atoms with van der Waals surface area (Å²) in [5.41, 5.74) is 0.981. The van der Waals surface area contributed by atoms with Crippen molar-refractivity contribution in [3.05, 3.63) is 66.7 Å². The van der Waals surface area contributed by atoms with Crippen molar-refractivity contribution >= 4 is 21.2 Å². The molecule has 0 saturated carbocycles. The molecule has 9 heteroatoms. The molecule has 33 heavy (non-hydrogen) atoms. The Hall–Kier alpha value is -3.27. The Bertz CT molecular complexity index is 1220. The number of nitrogens with one attached hydrogen (secondary N) is 2. The molecule has 8 nitrogen and oxygen atoms in total. The summed E-state index contributed by atoms with van der Waals surface area (Å²) < 4.78 is 42.2. The van der Waals surface area contributed by atoms with E-state index in [0.29, 0.717) is 48.3 Å². The van der Waals surface area contributed by atoms with Crippen molar-refractivity contribution in [2.45, 2.75) is 15.9 Å². The molecule has 0 saturated heterocycles. The number of aliphatic hydroxyl groups excluding tert-OH is 1. The molecule has 1 aliphatic rings. The smallest absolute Gasteiger partial charge is 0.210 e. The average Bonchev–Trinajstić information content (AvgIpc) is 2.82. The van der Waals surface area contributed by atoms with E-state index in [1.165, 1.54) is 6.07 Å². The normalized spacial score (nSPS) is 14.4. The van der Waals surface area contributed by atoms with Gasteiger partial charge in [0.25, 0.3) is 0 Å².